The van der Waals surface area contributed by atoms with E-state index in [0.717, 1.165) is 5.75 Å². The van der Waals surface area contributed by atoms with Gasteiger partial charge < -0.3 is 4.74 Å². The van der Waals surface area contributed by atoms with Gasteiger partial charge >= 0.3 is 0 Å². The molecular weight excluding hydrogens is 248 g/mol. The SMILES string of the molecule is Cc1ccc(C(C)(C)C)c(OCC(C#N)NC2CC2)c1. The normalized spacial score (nSPS) is 16.6. The number of nitrogens with one attached hydrogen (secondary N) is 1. The lowest BCUT2D eigenvalue weighted by Crippen LogP contribution is -2.35. The topological polar surface area (TPSA) is 45.0 Å². The number of ether oxygens (including phenoxy) is 1. The minimum atomic E-state index is -0.226. The summed E-state index contributed by atoms with van der Waals surface area (Å²) in [7, 11) is 0. The Hall–Kier alpha value is -1.53. The summed E-state index contributed by atoms with van der Waals surface area (Å²) in [6, 6.07) is 8.87. The van der Waals surface area contributed by atoms with Crippen LogP contribution in [0.5, 0.6) is 5.75 Å². The first-order valence-electron chi connectivity index (χ1n) is 7.30. The second kappa shape index (κ2) is 5.85. The molecule has 0 heterocycles. The van der Waals surface area contributed by atoms with Gasteiger partial charge in [-0.1, -0.05) is 32.9 Å². The third kappa shape index (κ3) is 3.98. The Labute approximate surface area is 121 Å². The molecule has 2 rings (SSSR count). The zero-order valence-electron chi connectivity index (χ0n) is 12.9. The summed E-state index contributed by atoms with van der Waals surface area (Å²) >= 11 is 0. The fraction of sp³-hybridized carbons (Fsp3) is 0.588. The molecule has 0 bridgehead atoms. The van der Waals surface area contributed by atoms with Crippen LogP contribution in [0.2, 0.25) is 0 Å². The Kier molecular flexibility index (Phi) is 4.35. The van der Waals surface area contributed by atoms with E-state index in [1.165, 1.54) is 24.0 Å². The molecule has 0 aliphatic heterocycles. The van der Waals surface area contributed by atoms with Gasteiger partial charge in [0, 0.05) is 6.04 Å². The van der Waals surface area contributed by atoms with Gasteiger partial charge in [0.25, 0.3) is 0 Å². The molecule has 0 radical (unpaired) electrons. The molecule has 1 saturated carbocycles. The lowest BCUT2D eigenvalue weighted by molar-refractivity contribution is 0.281. The van der Waals surface area contributed by atoms with Crippen LogP contribution in [0.25, 0.3) is 0 Å². The van der Waals surface area contributed by atoms with Gasteiger partial charge in [0.2, 0.25) is 0 Å². The third-order valence-corrected chi connectivity index (χ3v) is 3.52. The van der Waals surface area contributed by atoms with E-state index in [0.29, 0.717) is 12.6 Å². The molecule has 3 heteroatoms. The summed E-state index contributed by atoms with van der Waals surface area (Å²) in [5.74, 6) is 0.898. The average molecular weight is 272 g/mol. The molecule has 1 aromatic carbocycles. The smallest absolute Gasteiger partial charge is 0.130 e. The molecule has 1 aromatic rings. The van der Waals surface area contributed by atoms with Crippen molar-refractivity contribution in [2.45, 2.75) is 58.0 Å². The highest BCUT2D eigenvalue weighted by atomic mass is 16.5. The molecule has 1 N–H and O–H groups in total. The lowest BCUT2D eigenvalue weighted by Gasteiger charge is -2.24. The molecule has 0 spiro atoms. The number of hydrogen-bond acceptors (Lipinski definition) is 3. The van der Waals surface area contributed by atoms with Crippen LogP contribution < -0.4 is 10.1 Å². The third-order valence-electron chi connectivity index (χ3n) is 3.52. The Balaban J connectivity index is 2.07. The fourth-order valence-electron chi connectivity index (χ4n) is 2.20. The molecule has 1 atom stereocenters. The first-order chi connectivity index (χ1) is 9.40. The average Bonchev–Trinajstić information content (AvgIpc) is 3.16. The lowest BCUT2D eigenvalue weighted by atomic mass is 9.86. The molecule has 3 nitrogen and oxygen atoms in total. The van der Waals surface area contributed by atoms with E-state index in [2.05, 4.69) is 57.3 Å². The van der Waals surface area contributed by atoms with Crippen molar-refractivity contribution < 1.29 is 4.74 Å². The van der Waals surface area contributed by atoms with Crippen LogP contribution in [-0.2, 0) is 5.41 Å². The maximum absolute atomic E-state index is 9.17. The predicted octanol–water partition coefficient (Wildman–Crippen LogP) is 3.32. The van der Waals surface area contributed by atoms with Gasteiger partial charge in [-0.05, 0) is 42.4 Å². The van der Waals surface area contributed by atoms with Gasteiger partial charge in [-0.15, -0.1) is 0 Å². The summed E-state index contributed by atoms with van der Waals surface area (Å²) in [4.78, 5) is 0. The van der Waals surface area contributed by atoms with Crippen LogP contribution in [0.3, 0.4) is 0 Å². The van der Waals surface area contributed by atoms with Crippen molar-refractivity contribution in [1.29, 1.82) is 5.26 Å². The van der Waals surface area contributed by atoms with Crippen molar-refractivity contribution in [3.8, 4) is 11.8 Å². The summed E-state index contributed by atoms with van der Waals surface area (Å²) < 4.78 is 5.94. The largest absolute Gasteiger partial charge is 0.491 e. The molecular formula is C17H24N2O. The summed E-state index contributed by atoms with van der Waals surface area (Å²) in [5.41, 5.74) is 2.40. The minimum Gasteiger partial charge on any atom is -0.491 e. The van der Waals surface area contributed by atoms with Gasteiger partial charge in [-0.3, -0.25) is 5.32 Å². The number of rotatable bonds is 5. The summed E-state index contributed by atoms with van der Waals surface area (Å²) in [6.07, 6.45) is 2.35. The molecule has 1 fully saturated rings. The summed E-state index contributed by atoms with van der Waals surface area (Å²) in [6.45, 7) is 8.99. The highest BCUT2D eigenvalue weighted by Gasteiger charge is 2.25. The van der Waals surface area contributed by atoms with Gasteiger partial charge in [-0.25, -0.2) is 0 Å². The monoisotopic (exact) mass is 272 g/mol. The van der Waals surface area contributed by atoms with Crippen molar-refractivity contribution in [2.24, 2.45) is 0 Å². The van der Waals surface area contributed by atoms with Crippen molar-refractivity contribution in [3.05, 3.63) is 29.3 Å². The van der Waals surface area contributed by atoms with Gasteiger partial charge in [0.1, 0.15) is 18.4 Å². The maximum Gasteiger partial charge on any atom is 0.130 e. The quantitative estimate of drug-likeness (QED) is 0.894. The van der Waals surface area contributed by atoms with Crippen molar-refractivity contribution in [1.82, 2.24) is 5.32 Å². The van der Waals surface area contributed by atoms with Crippen LogP contribution in [0, 0.1) is 18.3 Å². The van der Waals surface area contributed by atoms with Crippen LogP contribution in [0.4, 0.5) is 0 Å². The van der Waals surface area contributed by atoms with Crippen LogP contribution in [0.1, 0.15) is 44.7 Å². The second-order valence-electron chi connectivity index (χ2n) is 6.68. The fourth-order valence-corrected chi connectivity index (χ4v) is 2.20. The molecule has 1 aliphatic carbocycles. The van der Waals surface area contributed by atoms with Gasteiger partial charge in [0.05, 0.1) is 6.07 Å². The number of benzene rings is 1. The predicted molar refractivity (Wildman–Crippen MR) is 80.9 cm³/mol. The number of nitriles is 1. The van der Waals surface area contributed by atoms with E-state index in [1.54, 1.807) is 0 Å². The Morgan fingerprint density at radius 3 is 2.65 bits per heavy atom. The van der Waals surface area contributed by atoms with Gasteiger partial charge in [0.15, 0.2) is 0 Å². The first-order valence-corrected chi connectivity index (χ1v) is 7.30. The van der Waals surface area contributed by atoms with E-state index >= 15 is 0 Å². The van der Waals surface area contributed by atoms with Crippen LogP contribution >= 0.6 is 0 Å². The first kappa shape index (κ1) is 14.9. The maximum atomic E-state index is 9.17. The van der Waals surface area contributed by atoms with E-state index in [4.69, 9.17) is 4.74 Å². The van der Waals surface area contributed by atoms with E-state index in [1.807, 2.05) is 0 Å². The standard InChI is InChI=1S/C17H24N2O/c1-12-5-8-15(17(2,3)4)16(9-12)20-11-14(10-18)19-13-6-7-13/h5,8-9,13-14,19H,6-7,11H2,1-4H3. The molecule has 0 amide bonds. The van der Waals surface area contributed by atoms with Crippen LogP contribution in [0.15, 0.2) is 18.2 Å². The van der Waals surface area contributed by atoms with Crippen molar-refractivity contribution >= 4 is 0 Å². The summed E-state index contributed by atoms with van der Waals surface area (Å²) in [5, 5.41) is 12.5. The molecule has 0 saturated heterocycles. The van der Waals surface area contributed by atoms with E-state index in [9.17, 15) is 5.26 Å². The van der Waals surface area contributed by atoms with Gasteiger partial charge in [-0.2, -0.15) is 5.26 Å². The zero-order chi connectivity index (χ0) is 14.8. The van der Waals surface area contributed by atoms with E-state index < -0.39 is 0 Å². The minimum absolute atomic E-state index is 0.0368. The Bertz CT molecular complexity index is 507. The van der Waals surface area contributed by atoms with Crippen LogP contribution in [-0.4, -0.2) is 18.7 Å². The second-order valence-corrected chi connectivity index (χ2v) is 6.68. The van der Waals surface area contributed by atoms with Crippen molar-refractivity contribution in [3.63, 3.8) is 0 Å². The Morgan fingerprint density at radius 1 is 1.40 bits per heavy atom. The Morgan fingerprint density at radius 2 is 2.10 bits per heavy atom. The molecule has 108 valence electrons. The zero-order valence-corrected chi connectivity index (χ0v) is 12.9. The highest BCUT2D eigenvalue weighted by molar-refractivity contribution is 5.41. The number of nitrogens with zero attached hydrogens (tertiary/aromatic N) is 1. The molecule has 0 aromatic heterocycles. The number of hydrogen-bond donors (Lipinski definition) is 1. The molecule has 1 aliphatic rings. The number of aryl methyl sites for hydroxylation is 1. The van der Waals surface area contributed by atoms with E-state index in [-0.39, 0.29) is 11.5 Å². The highest BCUT2D eigenvalue weighted by Crippen LogP contribution is 2.32. The van der Waals surface area contributed by atoms with Crippen molar-refractivity contribution in [2.75, 3.05) is 6.61 Å². The molecule has 20 heavy (non-hydrogen) atoms. The molecule has 1 unspecified atom stereocenters.